The van der Waals surface area contributed by atoms with Gasteiger partial charge in [0.25, 0.3) is 0 Å². The van der Waals surface area contributed by atoms with Crippen LogP contribution < -0.4 is 10.6 Å². The van der Waals surface area contributed by atoms with Crippen LogP contribution in [0.3, 0.4) is 0 Å². The number of nitrogens with one attached hydrogen (secondary N) is 2. The van der Waals surface area contributed by atoms with Crippen LogP contribution in [0.4, 0.5) is 4.79 Å². The topological polar surface area (TPSA) is 87.7 Å². The van der Waals surface area contributed by atoms with E-state index >= 15 is 0 Å². The van der Waals surface area contributed by atoms with E-state index in [2.05, 4.69) is 36.1 Å². The van der Waals surface area contributed by atoms with E-state index in [1.165, 1.54) is 4.90 Å². The minimum atomic E-state index is -0.960. The Morgan fingerprint density at radius 2 is 1.74 bits per heavy atom. The van der Waals surface area contributed by atoms with Crippen LogP contribution in [0.25, 0.3) is 0 Å². The average Bonchev–Trinajstić information content (AvgIpc) is 2.78. The summed E-state index contributed by atoms with van der Waals surface area (Å²) >= 11 is 4.30. The summed E-state index contributed by atoms with van der Waals surface area (Å²) < 4.78 is 5.33. The van der Waals surface area contributed by atoms with Gasteiger partial charge >= 0.3 is 6.09 Å². The van der Waals surface area contributed by atoms with Crippen LogP contribution in [0.15, 0.2) is 24.3 Å². The molecule has 0 saturated carbocycles. The van der Waals surface area contributed by atoms with Gasteiger partial charge in [-0.05, 0) is 58.2 Å². The largest absolute Gasteiger partial charge is 0.444 e. The lowest BCUT2D eigenvalue weighted by Crippen LogP contribution is -2.54. The molecule has 0 fully saturated rings. The van der Waals surface area contributed by atoms with Crippen molar-refractivity contribution in [2.75, 3.05) is 12.3 Å². The number of amides is 3. The lowest BCUT2D eigenvalue weighted by Gasteiger charge is -2.35. The number of carbonyl (C=O) groups excluding carboxylic acids is 3. The van der Waals surface area contributed by atoms with E-state index in [9.17, 15) is 14.4 Å². The van der Waals surface area contributed by atoms with Crippen LogP contribution >= 0.6 is 12.6 Å². The lowest BCUT2D eigenvalue weighted by molar-refractivity contribution is -0.142. The summed E-state index contributed by atoms with van der Waals surface area (Å²) in [5.74, 6) is 1.95. The number of unbranched alkanes of at least 4 members (excludes halogenated alkanes) is 1. The van der Waals surface area contributed by atoms with E-state index in [-0.39, 0.29) is 17.7 Å². The maximum atomic E-state index is 13.7. The van der Waals surface area contributed by atoms with Gasteiger partial charge in [-0.1, -0.05) is 44.7 Å². The van der Waals surface area contributed by atoms with E-state index in [1.807, 2.05) is 13.8 Å². The predicted molar refractivity (Wildman–Crippen MR) is 143 cm³/mol. The van der Waals surface area contributed by atoms with Crippen molar-refractivity contribution in [1.29, 1.82) is 0 Å². The van der Waals surface area contributed by atoms with Crippen molar-refractivity contribution in [2.24, 2.45) is 0 Å². The van der Waals surface area contributed by atoms with Crippen molar-refractivity contribution in [2.45, 2.75) is 91.0 Å². The van der Waals surface area contributed by atoms with Crippen LogP contribution in [0, 0.1) is 12.3 Å². The Balaban J connectivity index is 3.39. The quantitative estimate of drug-likeness (QED) is 0.290. The normalized spacial score (nSPS) is 13.7. The fourth-order valence-corrected chi connectivity index (χ4v) is 3.84. The number of benzene rings is 1. The molecule has 7 nitrogen and oxygen atoms in total. The number of hydrogen-bond acceptors (Lipinski definition) is 5. The molecule has 194 valence electrons. The standard InChI is InChI=1S/C27H41N3O4S/c1-8-11-17-30(25(32)22(18-35)29-26(33)34-27(5,6)7)23(24(31)28-19(4)12-9-2)21-15-13-20(10-3)14-16-21/h3,13-16,19,22-23,35H,8-9,11-12,17-18H2,1-2,4-7H3,(H,28,31)(H,29,33). The van der Waals surface area contributed by atoms with Gasteiger partial charge in [-0.25, -0.2) is 4.79 Å². The third-order valence-corrected chi connectivity index (χ3v) is 5.64. The van der Waals surface area contributed by atoms with E-state index < -0.39 is 29.7 Å². The fraction of sp³-hybridized carbons (Fsp3) is 0.593. The number of terminal acetylenes is 1. The van der Waals surface area contributed by atoms with Crippen LogP contribution in [0.1, 0.15) is 84.4 Å². The fourth-order valence-electron chi connectivity index (χ4n) is 3.59. The second kappa shape index (κ2) is 14.7. The van der Waals surface area contributed by atoms with Gasteiger partial charge in [-0.15, -0.1) is 6.42 Å². The zero-order valence-corrected chi connectivity index (χ0v) is 22.8. The highest BCUT2D eigenvalue weighted by Crippen LogP contribution is 2.24. The molecule has 0 aliphatic heterocycles. The van der Waals surface area contributed by atoms with Crippen molar-refractivity contribution in [3.05, 3.63) is 35.4 Å². The molecule has 0 heterocycles. The molecule has 2 N–H and O–H groups in total. The van der Waals surface area contributed by atoms with E-state index in [4.69, 9.17) is 11.2 Å². The zero-order chi connectivity index (χ0) is 26.6. The summed E-state index contributed by atoms with van der Waals surface area (Å²) in [4.78, 5) is 41.2. The molecule has 3 atom stereocenters. The molecule has 0 aliphatic carbocycles. The molecule has 3 amide bonds. The predicted octanol–water partition coefficient (Wildman–Crippen LogP) is 4.47. The van der Waals surface area contributed by atoms with Gasteiger partial charge in [-0.3, -0.25) is 9.59 Å². The number of rotatable bonds is 12. The summed E-state index contributed by atoms with van der Waals surface area (Å²) in [6.45, 7) is 11.6. The molecule has 0 aliphatic rings. The van der Waals surface area contributed by atoms with E-state index in [0.717, 1.165) is 19.3 Å². The Bertz CT molecular complexity index is 874. The number of carbonyl (C=O) groups is 3. The zero-order valence-electron chi connectivity index (χ0n) is 21.9. The molecule has 0 radical (unpaired) electrons. The van der Waals surface area contributed by atoms with Crippen LogP contribution in [-0.4, -0.2) is 52.8 Å². The molecule has 1 aromatic rings. The molecular formula is C27H41N3O4S. The SMILES string of the molecule is C#Cc1ccc(C(C(=O)NC(C)CCC)N(CCCC)C(=O)C(CS)NC(=O)OC(C)(C)C)cc1. The Hall–Kier alpha value is -2.66. The van der Waals surface area contributed by atoms with Crippen molar-refractivity contribution < 1.29 is 19.1 Å². The Kier molecular flexibility index (Phi) is 12.7. The molecule has 35 heavy (non-hydrogen) atoms. The first-order valence-electron chi connectivity index (χ1n) is 12.2. The molecule has 3 unspecified atom stereocenters. The summed E-state index contributed by atoms with van der Waals surface area (Å²) in [6.07, 6.45) is 8.04. The highest BCUT2D eigenvalue weighted by molar-refractivity contribution is 7.80. The molecular weight excluding hydrogens is 462 g/mol. The Morgan fingerprint density at radius 3 is 2.23 bits per heavy atom. The first kappa shape index (κ1) is 30.4. The van der Waals surface area contributed by atoms with E-state index in [0.29, 0.717) is 24.1 Å². The lowest BCUT2D eigenvalue weighted by atomic mass is 10.0. The van der Waals surface area contributed by atoms with E-state index in [1.54, 1.807) is 45.0 Å². The van der Waals surface area contributed by atoms with Gasteiger partial charge in [-0.2, -0.15) is 12.6 Å². The number of alkyl carbamates (subject to hydrolysis) is 1. The smallest absolute Gasteiger partial charge is 0.408 e. The van der Waals surface area contributed by atoms with Gasteiger partial charge in [0.1, 0.15) is 17.7 Å². The molecule has 0 bridgehead atoms. The van der Waals surface area contributed by atoms with Gasteiger partial charge in [0.15, 0.2) is 0 Å². The van der Waals surface area contributed by atoms with Gasteiger partial charge in [0, 0.05) is 23.9 Å². The van der Waals surface area contributed by atoms with Gasteiger partial charge in [0.05, 0.1) is 0 Å². The molecule has 0 aromatic heterocycles. The monoisotopic (exact) mass is 503 g/mol. The van der Waals surface area contributed by atoms with Crippen LogP contribution in [0.2, 0.25) is 0 Å². The van der Waals surface area contributed by atoms with Crippen molar-refractivity contribution >= 4 is 30.5 Å². The Labute approximate surface area is 216 Å². The van der Waals surface area contributed by atoms with Crippen molar-refractivity contribution in [3.8, 4) is 12.3 Å². The Morgan fingerprint density at radius 1 is 1.11 bits per heavy atom. The maximum Gasteiger partial charge on any atom is 0.408 e. The summed E-state index contributed by atoms with van der Waals surface area (Å²) in [5, 5.41) is 5.66. The minimum Gasteiger partial charge on any atom is -0.444 e. The molecule has 1 rings (SSSR count). The summed E-state index contributed by atoms with van der Waals surface area (Å²) in [7, 11) is 0. The van der Waals surface area contributed by atoms with Gasteiger partial charge in [0.2, 0.25) is 11.8 Å². The molecule has 0 saturated heterocycles. The molecule has 8 heteroatoms. The van der Waals surface area contributed by atoms with Crippen molar-refractivity contribution in [1.82, 2.24) is 15.5 Å². The third-order valence-electron chi connectivity index (χ3n) is 5.27. The number of thiol groups is 1. The van der Waals surface area contributed by atoms with Crippen LogP contribution in [-0.2, 0) is 14.3 Å². The van der Waals surface area contributed by atoms with Crippen molar-refractivity contribution in [3.63, 3.8) is 0 Å². The maximum absolute atomic E-state index is 13.7. The highest BCUT2D eigenvalue weighted by atomic mass is 32.1. The highest BCUT2D eigenvalue weighted by Gasteiger charge is 2.36. The second-order valence-electron chi connectivity index (χ2n) is 9.63. The average molecular weight is 504 g/mol. The minimum absolute atomic E-state index is 0.0522. The molecule has 1 aromatic carbocycles. The number of hydrogen-bond donors (Lipinski definition) is 3. The third kappa shape index (κ3) is 10.2. The summed E-state index contributed by atoms with van der Waals surface area (Å²) in [6, 6.07) is 5.15. The van der Waals surface area contributed by atoms with Crippen LogP contribution in [0.5, 0.6) is 0 Å². The van der Waals surface area contributed by atoms with Gasteiger partial charge < -0.3 is 20.3 Å². The second-order valence-corrected chi connectivity index (χ2v) is 10.00. The number of nitrogens with zero attached hydrogens (tertiary/aromatic N) is 1. The molecule has 0 spiro atoms. The first-order chi connectivity index (χ1) is 16.5. The first-order valence-corrected chi connectivity index (χ1v) is 12.9. The summed E-state index contributed by atoms with van der Waals surface area (Å²) in [5.41, 5.74) is 0.607. The number of ether oxygens (including phenoxy) is 1.